The van der Waals surface area contributed by atoms with E-state index in [9.17, 15) is 30.0 Å². The first-order chi connectivity index (χ1) is 16.1. The van der Waals surface area contributed by atoms with E-state index < -0.39 is 14.4 Å². The van der Waals surface area contributed by atoms with Crippen molar-refractivity contribution in [1.29, 1.82) is 0 Å². The van der Waals surface area contributed by atoms with Crippen LogP contribution in [0.15, 0.2) is 121 Å². The molecule has 0 heterocycles. The standard InChI is InChI=1S/C26H23OP.F6P/c1-28(23-16-8-3-9-17-23,24-18-10-4-11-19-24,25-20-12-5-13-21-25)26(27)22-14-6-2-7-15-22;1-7(2,3,4,5)6/h2-21H,1H3;/q;-1/p+1. The molecule has 0 amide bonds. The Balaban J connectivity index is 0.000000503. The van der Waals surface area contributed by atoms with E-state index in [1.807, 2.05) is 84.9 Å². The van der Waals surface area contributed by atoms with Gasteiger partial charge in [0.15, 0.2) is 0 Å². The second kappa shape index (κ2) is 8.58. The van der Waals surface area contributed by atoms with E-state index in [1.165, 1.54) is 0 Å². The van der Waals surface area contributed by atoms with Gasteiger partial charge in [0.25, 0.3) is 0 Å². The van der Waals surface area contributed by atoms with Gasteiger partial charge in [-0.1, -0.05) is 0 Å². The first kappa shape index (κ1) is 26.6. The average Bonchev–Trinajstić information content (AvgIpc) is 2.83. The van der Waals surface area contributed by atoms with Crippen LogP contribution in [0.1, 0.15) is 11.8 Å². The van der Waals surface area contributed by atoms with Crippen molar-refractivity contribution in [2.24, 2.45) is 0 Å². The maximum absolute atomic E-state index is 14.4. The van der Waals surface area contributed by atoms with Crippen LogP contribution in [0, 0.1) is 0 Å². The van der Waals surface area contributed by atoms with Crippen molar-refractivity contribution in [1.82, 2.24) is 0 Å². The Kier molecular flexibility index (Phi) is 6.52. The predicted molar refractivity (Wildman–Crippen MR) is 137 cm³/mol. The van der Waals surface area contributed by atoms with E-state index in [4.69, 9.17) is 0 Å². The van der Waals surface area contributed by atoms with E-state index in [0.29, 0.717) is 0 Å². The third-order valence-corrected chi connectivity index (χ3v) is 11.8. The van der Waals surface area contributed by atoms with Crippen LogP contribution >= 0.6 is 14.4 Å². The van der Waals surface area contributed by atoms with Gasteiger partial charge in [-0.15, -0.1) is 0 Å². The monoisotopic (exact) mass is 528 g/mol. The van der Waals surface area contributed by atoms with Gasteiger partial charge < -0.3 is 0 Å². The summed E-state index contributed by atoms with van der Waals surface area (Å²) >= 11 is 0. The smallest absolute Gasteiger partial charge is 1.00 e. The van der Waals surface area contributed by atoms with Crippen molar-refractivity contribution in [2.75, 3.05) is 6.66 Å². The number of carbonyl (C=O) groups excluding carboxylic acids is 1. The fourth-order valence-corrected chi connectivity index (χ4v) is 9.25. The Labute approximate surface area is 201 Å². The molecule has 0 spiro atoms. The van der Waals surface area contributed by atoms with Gasteiger partial charge in [-0.3, -0.25) is 0 Å². The fraction of sp³-hybridized carbons (Fsp3) is 0.0385. The second-order valence-electron chi connectivity index (χ2n) is 8.20. The number of rotatable bonds is 5. The Hall–Kier alpha value is -3.01. The van der Waals surface area contributed by atoms with Crippen LogP contribution in [0.2, 0.25) is 0 Å². The summed E-state index contributed by atoms with van der Waals surface area (Å²) in [6, 6.07) is 40.6. The van der Waals surface area contributed by atoms with Gasteiger partial charge in [-0.25, -0.2) is 0 Å². The summed E-state index contributed by atoms with van der Waals surface area (Å²) < 4.78 is 59.2. The molecule has 0 saturated heterocycles. The molecule has 0 bridgehead atoms. The molecular formula is C26H24F6OP2. The van der Waals surface area contributed by atoms with Crippen LogP contribution in [-0.4, -0.2) is 12.2 Å². The number of hydrogen-bond acceptors (Lipinski definition) is 1. The third kappa shape index (κ3) is 6.17. The van der Waals surface area contributed by atoms with Crippen LogP contribution in [0.5, 0.6) is 0 Å². The molecule has 35 heavy (non-hydrogen) atoms. The summed E-state index contributed by atoms with van der Waals surface area (Å²) in [5.41, 5.74) is 0.939. The van der Waals surface area contributed by atoms with Crippen molar-refractivity contribution in [2.45, 2.75) is 0 Å². The molecule has 0 radical (unpaired) electrons. The largest absolute Gasteiger partial charge is 1.00 e. The molecule has 0 aliphatic heterocycles. The average molecular weight is 528 g/mol. The molecule has 4 aromatic carbocycles. The van der Waals surface area contributed by atoms with Crippen molar-refractivity contribution >= 4 is 35.8 Å². The van der Waals surface area contributed by atoms with Gasteiger partial charge in [0.2, 0.25) is 0 Å². The number of halogens is 6. The number of benzene rings is 4. The molecule has 4 aromatic rings. The summed E-state index contributed by atoms with van der Waals surface area (Å²) in [6.45, 7) is -1.23. The molecule has 0 saturated carbocycles. The van der Waals surface area contributed by atoms with Crippen molar-refractivity contribution in [3.63, 3.8) is 0 Å². The van der Waals surface area contributed by atoms with Gasteiger partial charge in [0.1, 0.15) is 0 Å². The zero-order chi connectivity index (χ0) is 25.9. The number of carbonyl (C=O) groups is 1. The first-order valence-electron chi connectivity index (χ1n) is 10.5. The third-order valence-electron chi connectivity index (χ3n) is 5.73. The predicted octanol–water partition coefficient (Wildman–Crippen LogP) is 8.48. The topological polar surface area (TPSA) is 17.1 Å². The normalized spacial score (nSPS) is 14.8. The Morgan fingerprint density at radius 1 is 0.543 bits per heavy atom. The van der Waals surface area contributed by atoms with Gasteiger partial charge in [0.05, 0.1) is 0 Å². The maximum Gasteiger partial charge on any atom is 1.00 e. The number of hydrogen-bond donors (Lipinski definition) is 0. The van der Waals surface area contributed by atoms with Gasteiger partial charge >= 0.3 is 201 Å². The molecule has 4 rings (SSSR count). The van der Waals surface area contributed by atoms with Crippen molar-refractivity contribution < 1.29 is 31.4 Å². The molecule has 9 heteroatoms. The summed E-state index contributed by atoms with van der Waals surface area (Å²) in [4.78, 5) is 14.4. The molecule has 0 atom stereocenters. The molecule has 0 N–H and O–H groups in total. The molecule has 0 aliphatic rings. The molecule has 186 valence electrons. The van der Waals surface area contributed by atoms with Crippen molar-refractivity contribution in [3.05, 3.63) is 127 Å². The minimum absolute atomic E-state index is 0. The molecule has 0 aliphatic carbocycles. The fourth-order valence-electron chi connectivity index (χ4n) is 4.10. The van der Waals surface area contributed by atoms with Gasteiger partial charge in [-0.2, -0.15) is 0 Å². The zero-order valence-corrected chi connectivity index (χ0v) is 20.4. The van der Waals surface area contributed by atoms with Gasteiger partial charge in [0, 0.05) is 0 Å². The SMILES string of the molecule is CP(C(=O)c1ccccc1)(c1ccccc1)(c1ccccc1)c1ccccc1.F[P-](F)(F)(F)(F)F.[H+]. The van der Waals surface area contributed by atoms with Crippen LogP contribution in [-0.2, 0) is 0 Å². The Morgan fingerprint density at radius 2 is 0.771 bits per heavy atom. The maximum atomic E-state index is 14.4. The van der Waals surface area contributed by atoms with Crippen molar-refractivity contribution in [3.8, 4) is 0 Å². The van der Waals surface area contributed by atoms with E-state index >= 15 is 0 Å². The minimum atomic E-state index is -10.7. The van der Waals surface area contributed by atoms with E-state index in [2.05, 4.69) is 43.1 Å². The second-order valence-corrected chi connectivity index (χ2v) is 15.2. The summed E-state index contributed by atoms with van der Waals surface area (Å²) in [5.74, 6) is 0. The quantitative estimate of drug-likeness (QED) is 0.188. The van der Waals surface area contributed by atoms with Crippen LogP contribution in [0.3, 0.4) is 0 Å². The van der Waals surface area contributed by atoms with E-state index in [-0.39, 0.29) is 6.95 Å². The van der Waals surface area contributed by atoms with Crippen LogP contribution in [0.25, 0.3) is 0 Å². The summed E-state index contributed by atoms with van der Waals surface area (Å²) in [5, 5.41) is 3.25. The van der Waals surface area contributed by atoms with Crippen LogP contribution < -0.4 is 15.9 Å². The molecule has 1 nitrogen and oxygen atoms in total. The molecular weight excluding hydrogens is 504 g/mol. The zero-order valence-electron chi connectivity index (χ0n) is 19.6. The van der Waals surface area contributed by atoms with Gasteiger partial charge in [-0.05, 0) is 0 Å². The van der Waals surface area contributed by atoms with E-state index in [1.54, 1.807) is 0 Å². The van der Waals surface area contributed by atoms with Crippen LogP contribution in [0.4, 0.5) is 25.2 Å². The Morgan fingerprint density at radius 3 is 1.03 bits per heavy atom. The Bertz CT molecular complexity index is 1190. The summed E-state index contributed by atoms with van der Waals surface area (Å²) in [6.07, 6.45) is 0. The van der Waals surface area contributed by atoms with E-state index in [0.717, 1.165) is 21.5 Å². The molecule has 0 fully saturated rings. The molecule has 0 unspecified atom stereocenters. The molecule has 0 aromatic heterocycles. The summed E-state index contributed by atoms with van der Waals surface area (Å²) in [7, 11) is -10.7. The first-order valence-corrected chi connectivity index (χ1v) is 15.2. The minimum Gasteiger partial charge on any atom is 1.00 e.